The first kappa shape index (κ1) is 13.9. The molecule has 0 saturated heterocycles. The van der Waals surface area contributed by atoms with Crippen LogP contribution in [0.15, 0.2) is 18.2 Å². The summed E-state index contributed by atoms with van der Waals surface area (Å²) in [4.78, 5) is 4.19. The van der Waals surface area contributed by atoms with Crippen LogP contribution in [0, 0.1) is 6.92 Å². The molecule has 1 atom stereocenters. The first-order valence-corrected chi connectivity index (χ1v) is 7.27. The fraction of sp³-hybridized carbons (Fsp3) is 0.250. The van der Waals surface area contributed by atoms with Crippen LogP contribution < -0.4 is 5.32 Å². The van der Waals surface area contributed by atoms with Crippen molar-refractivity contribution in [2.45, 2.75) is 19.9 Å². The van der Waals surface area contributed by atoms with Crippen LogP contribution >= 0.6 is 46.1 Å². The van der Waals surface area contributed by atoms with E-state index in [1.165, 1.54) is 11.3 Å². The Hall–Kier alpha value is -0.480. The van der Waals surface area contributed by atoms with Gasteiger partial charge in [-0.15, -0.1) is 11.3 Å². The van der Waals surface area contributed by atoms with Gasteiger partial charge in [-0.05, 0) is 32.0 Å². The zero-order valence-corrected chi connectivity index (χ0v) is 12.9. The fourth-order valence-corrected chi connectivity index (χ4v) is 3.48. The van der Waals surface area contributed by atoms with Gasteiger partial charge >= 0.3 is 0 Å². The van der Waals surface area contributed by atoms with Crippen LogP contribution in [-0.2, 0) is 0 Å². The lowest BCUT2D eigenvalue weighted by Crippen LogP contribution is -2.07. The second-order valence-corrected chi connectivity index (χ2v) is 6.59. The minimum atomic E-state index is 0.0583. The van der Waals surface area contributed by atoms with E-state index in [1.807, 2.05) is 26.0 Å². The van der Waals surface area contributed by atoms with Gasteiger partial charge in [0.15, 0.2) is 0 Å². The molecule has 6 heteroatoms. The molecule has 2 nitrogen and oxygen atoms in total. The molecule has 0 amide bonds. The lowest BCUT2D eigenvalue weighted by atomic mass is 10.1. The van der Waals surface area contributed by atoms with Crippen molar-refractivity contribution in [2.75, 3.05) is 5.32 Å². The minimum absolute atomic E-state index is 0.0583. The minimum Gasteiger partial charge on any atom is -0.377 e. The fourth-order valence-electron chi connectivity index (χ4n) is 1.64. The summed E-state index contributed by atoms with van der Waals surface area (Å²) in [5, 5.41) is 3.84. The second kappa shape index (κ2) is 5.66. The maximum absolute atomic E-state index is 6.13. The van der Waals surface area contributed by atoms with Gasteiger partial charge in [0.25, 0.3) is 0 Å². The van der Waals surface area contributed by atoms with Crippen LogP contribution in [0.3, 0.4) is 0 Å². The summed E-state index contributed by atoms with van der Waals surface area (Å²) in [7, 11) is 0. The molecule has 2 aromatic rings. The van der Waals surface area contributed by atoms with Crippen LogP contribution in [0.2, 0.25) is 13.8 Å². The predicted octanol–water partition coefficient (Wildman–Crippen LogP) is 5.58. The van der Waals surface area contributed by atoms with Crippen molar-refractivity contribution < 1.29 is 0 Å². The first-order chi connectivity index (χ1) is 8.47. The van der Waals surface area contributed by atoms with Gasteiger partial charge in [0.05, 0.1) is 26.1 Å². The number of thiophene rings is 1. The monoisotopic (exact) mass is 320 g/mol. The highest BCUT2D eigenvalue weighted by atomic mass is 35.5. The Morgan fingerprint density at radius 1 is 1.28 bits per heavy atom. The summed E-state index contributed by atoms with van der Waals surface area (Å²) < 4.78 is 1.40. The molecule has 0 aliphatic heterocycles. The number of nitrogens with zero attached hydrogens (tertiary/aromatic N) is 1. The number of nitrogens with one attached hydrogen (secondary N) is 1. The molecule has 2 heterocycles. The molecule has 0 radical (unpaired) electrons. The van der Waals surface area contributed by atoms with Crippen LogP contribution in [0.1, 0.15) is 24.2 Å². The zero-order chi connectivity index (χ0) is 13.3. The molecule has 0 aliphatic rings. The first-order valence-electron chi connectivity index (χ1n) is 5.32. The average Bonchev–Trinajstić information content (AvgIpc) is 2.62. The number of hydrogen-bond donors (Lipinski definition) is 1. The highest BCUT2D eigenvalue weighted by Crippen LogP contribution is 2.36. The van der Waals surface area contributed by atoms with E-state index in [0.29, 0.717) is 13.8 Å². The normalized spacial score (nSPS) is 12.5. The van der Waals surface area contributed by atoms with Crippen molar-refractivity contribution in [3.05, 3.63) is 43.3 Å². The lowest BCUT2D eigenvalue weighted by molar-refractivity contribution is 0.885. The molecule has 0 spiro atoms. The average molecular weight is 322 g/mol. The molecule has 96 valence electrons. The van der Waals surface area contributed by atoms with E-state index in [9.17, 15) is 0 Å². The second-order valence-electron chi connectivity index (χ2n) is 3.91. The maximum atomic E-state index is 6.13. The third-order valence-electron chi connectivity index (χ3n) is 2.57. The van der Waals surface area contributed by atoms with Crippen molar-refractivity contribution in [1.29, 1.82) is 0 Å². The molecule has 0 bridgehead atoms. The highest BCUT2D eigenvalue weighted by molar-refractivity contribution is 7.20. The Balaban J connectivity index is 2.21. The van der Waals surface area contributed by atoms with Gasteiger partial charge in [0.1, 0.15) is 5.15 Å². The molecule has 2 aromatic heterocycles. The van der Waals surface area contributed by atoms with Crippen LogP contribution in [0.5, 0.6) is 0 Å². The third-order valence-corrected chi connectivity index (χ3v) is 4.30. The van der Waals surface area contributed by atoms with E-state index in [0.717, 1.165) is 16.9 Å². The van der Waals surface area contributed by atoms with Gasteiger partial charge in [-0.25, -0.2) is 4.98 Å². The molecule has 18 heavy (non-hydrogen) atoms. The Morgan fingerprint density at radius 2 is 2.00 bits per heavy atom. The SMILES string of the molecule is Cc1nc(Cl)ccc1NC(C)c1cc(Cl)sc1Cl. The van der Waals surface area contributed by atoms with Gasteiger partial charge in [-0.1, -0.05) is 34.8 Å². The molecule has 0 saturated carbocycles. The van der Waals surface area contributed by atoms with Crippen LogP contribution in [0.4, 0.5) is 5.69 Å². The summed E-state index contributed by atoms with van der Waals surface area (Å²) in [5.41, 5.74) is 2.78. The van der Waals surface area contributed by atoms with E-state index in [4.69, 9.17) is 34.8 Å². The van der Waals surface area contributed by atoms with E-state index >= 15 is 0 Å². The smallest absolute Gasteiger partial charge is 0.129 e. The number of aromatic nitrogens is 1. The van der Waals surface area contributed by atoms with Gasteiger partial charge in [0.2, 0.25) is 0 Å². The third kappa shape index (κ3) is 3.09. The number of halogens is 3. The van der Waals surface area contributed by atoms with Crippen molar-refractivity contribution in [1.82, 2.24) is 4.98 Å². The van der Waals surface area contributed by atoms with Crippen LogP contribution in [-0.4, -0.2) is 4.98 Å². The molecule has 1 N–H and O–H groups in total. The predicted molar refractivity (Wildman–Crippen MR) is 80.4 cm³/mol. The molecule has 1 unspecified atom stereocenters. The molecule has 0 aliphatic carbocycles. The largest absolute Gasteiger partial charge is 0.377 e. The van der Waals surface area contributed by atoms with Gasteiger partial charge in [0, 0.05) is 5.56 Å². The van der Waals surface area contributed by atoms with Crippen LogP contribution in [0.25, 0.3) is 0 Å². The maximum Gasteiger partial charge on any atom is 0.129 e. The van der Waals surface area contributed by atoms with Crippen molar-refractivity contribution in [3.63, 3.8) is 0 Å². The summed E-state index contributed by atoms with van der Waals surface area (Å²) >= 11 is 19.3. The summed E-state index contributed by atoms with van der Waals surface area (Å²) in [6.45, 7) is 3.93. The number of rotatable bonds is 3. The van der Waals surface area contributed by atoms with E-state index in [2.05, 4.69) is 10.3 Å². The Bertz CT molecular complexity index is 568. The highest BCUT2D eigenvalue weighted by Gasteiger charge is 2.14. The topological polar surface area (TPSA) is 24.9 Å². The van der Waals surface area contributed by atoms with Gasteiger partial charge < -0.3 is 5.32 Å². The molecule has 2 rings (SSSR count). The standard InChI is InChI=1S/C12H11Cl3N2S/c1-6(8-5-11(14)18-12(8)15)16-9-3-4-10(13)17-7(9)2/h3-6,16H,1-2H3. The molecule has 0 aromatic carbocycles. The van der Waals surface area contributed by atoms with Gasteiger partial charge in [-0.3, -0.25) is 0 Å². The van der Waals surface area contributed by atoms with Crippen molar-refractivity contribution in [2.24, 2.45) is 0 Å². The molecule has 0 fully saturated rings. The Labute approximate surface area is 125 Å². The van der Waals surface area contributed by atoms with Gasteiger partial charge in [-0.2, -0.15) is 0 Å². The molecular weight excluding hydrogens is 311 g/mol. The van der Waals surface area contributed by atoms with E-state index < -0.39 is 0 Å². The Morgan fingerprint density at radius 3 is 2.56 bits per heavy atom. The van der Waals surface area contributed by atoms with Crippen molar-refractivity contribution in [3.8, 4) is 0 Å². The zero-order valence-electron chi connectivity index (χ0n) is 9.80. The quantitative estimate of drug-likeness (QED) is 0.746. The summed E-state index contributed by atoms with van der Waals surface area (Å²) in [6.07, 6.45) is 0. The van der Waals surface area contributed by atoms with Crippen molar-refractivity contribution >= 4 is 51.8 Å². The molecular formula is C12H11Cl3N2S. The number of hydrogen-bond acceptors (Lipinski definition) is 3. The summed E-state index contributed by atoms with van der Waals surface area (Å²) in [6, 6.07) is 5.60. The number of aryl methyl sites for hydroxylation is 1. The van der Waals surface area contributed by atoms with E-state index in [1.54, 1.807) is 6.07 Å². The Kier molecular flexibility index (Phi) is 4.38. The van der Waals surface area contributed by atoms with E-state index in [-0.39, 0.29) is 6.04 Å². The summed E-state index contributed by atoms with van der Waals surface area (Å²) in [5.74, 6) is 0. The lowest BCUT2D eigenvalue weighted by Gasteiger charge is -2.16. The number of anilines is 1. The number of pyridine rings is 1.